The predicted molar refractivity (Wildman–Crippen MR) is 62.9 cm³/mol. The highest BCUT2D eigenvalue weighted by molar-refractivity contribution is 5.37. The van der Waals surface area contributed by atoms with Crippen LogP contribution in [0.25, 0.3) is 0 Å². The Morgan fingerprint density at radius 3 is 2.73 bits per heavy atom. The molecule has 0 aliphatic rings. The van der Waals surface area contributed by atoms with E-state index < -0.39 is 0 Å². The van der Waals surface area contributed by atoms with Crippen molar-refractivity contribution in [2.75, 3.05) is 18.5 Å². The molecule has 0 bridgehead atoms. The average Bonchev–Trinajstić information content (AvgIpc) is 2.26. The highest BCUT2D eigenvalue weighted by Crippen LogP contribution is 2.11. The van der Waals surface area contributed by atoms with Gasteiger partial charge >= 0.3 is 0 Å². The zero-order valence-electron chi connectivity index (χ0n) is 9.77. The number of aliphatic hydroxyl groups is 1. The minimum Gasteiger partial charge on any atom is -0.390 e. The van der Waals surface area contributed by atoms with Gasteiger partial charge in [-0.3, -0.25) is 0 Å². The van der Waals surface area contributed by atoms with Crippen LogP contribution < -0.4 is 4.90 Å². The molecular weight excluding hydrogens is 188 g/mol. The SMILES string of the molecule is CC(C)CCN(C)c1cccc(CO)n1. The van der Waals surface area contributed by atoms with E-state index in [0.29, 0.717) is 5.92 Å². The number of pyridine rings is 1. The molecule has 0 saturated heterocycles. The Bertz CT molecular complexity index is 299. The fraction of sp³-hybridized carbons (Fsp3) is 0.583. The van der Waals surface area contributed by atoms with Crippen LogP contribution in [0.4, 0.5) is 5.82 Å². The molecule has 0 aliphatic heterocycles. The van der Waals surface area contributed by atoms with E-state index in [9.17, 15) is 0 Å². The van der Waals surface area contributed by atoms with Crippen LogP contribution in [0.1, 0.15) is 26.0 Å². The Morgan fingerprint density at radius 2 is 2.13 bits per heavy atom. The molecule has 15 heavy (non-hydrogen) atoms. The second kappa shape index (κ2) is 5.71. The third-order valence-electron chi connectivity index (χ3n) is 2.39. The number of nitrogens with zero attached hydrogens (tertiary/aromatic N) is 2. The van der Waals surface area contributed by atoms with Crippen LogP contribution in [0.2, 0.25) is 0 Å². The van der Waals surface area contributed by atoms with E-state index in [2.05, 4.69) is 23.7 Å². The normalized spacial score (nSPS) is 10.7. The number of hydrogen-bond acceptors (Lipinski definition) is 3. The van der Waals surface area contributed by atoms with Gasteiger partial charge < -0.3 is 10.0 Å². The first-order valence-corrected chi connectivity index (χ1v) is 5.41. The van der Waals surface area contributed by atoms with E-state index >= 15 is 0 Å². The molecule has 1 rings (SSSR count). The molecule has 0 spiro atoms. The summed E-state index contributed by atoms with van der Waals surface area (Å²) in [4.78, 5) is 6.47. The van der Waals surface area contributed by atoms with Gasteiger partial charge in [-0.1, -0.05) is 19.9 Å². The first kappa shape index (κ1) is 12.0. The average molecular weight is 208 g/mol. The van der Waals surface area contributed by atoms with Gasteiger partial charge in [0.25, 0.3) is 0 Å². The van der Waals surface area contributed by atoms with E-state index in [-0.39, 0.29) is 6.61 Å². The van der Waals surface area contributed by atoms with Gasteiger partial charge in [-0.25, -0.2) is 4.98 Å². The van der Waals surface area contributed by atoms with Gasteiger partial charge in [-0.2, -0.15) is 0 Å². The molecule has 0 atom stereocenters. The van der Waals surface area contributed by atoms with E-state index in [1.165, 1.54) is 0 Å². The maximum atomic E-state index is 8.98. The highest BCUT2D eigenvalue weighted by atomic mass is 16.3. The zero-order chi connectivity index (χ0) is 11.3. The van der Waals surface area contributed by atoms with Crippen LogP contribution in [0.3, 0.4) is 0 Å². The lowest BCUT2D eigenvalue weighted by atomic mass is 10.1. The van der Waals surface area contributed by atoms with Gasteiger partial charge in [0.2, 0.25) is 0 Å². The summed E-state index contributed by atoms with van der Waals surface area (Å²) in [5, 5.41) is 8.98. The first-order valence-electron chi connectivity index (χ1n) is 5.41. The maximum absolute atomic E-state index is 8.98. The van der Waals surface area contributed by atoms with E-state index in [1.54, 1.807) is 0 Å². The van der Waals surface area contributed by atoms with Gasteiger partial charge in [0.05, 0.1) is 12.3 Å². The fourth-order valence-electron chi connectivity index (χ4n) is 1.33. The van der Waals surface area contributed by atoms with Crippen LogP contribution in [0, 0.1) is 5.92 Å². The summed E-state index contributed by atoms with van der Waals surface area (Å²) < 4.78 is 0. The summed E-state index contributed by atoms with van der Waals surface area (Å²) in [6.07, 6.45) is 1.15. The van der Waals surface area contributed by atoms with Crippen LogP contribution in [-0.4, -0.2) is 23.7 Å². The highest BCUT2D eigenvalue weighted by Gasteiger charge is 2.04. The smallest absolute Gasteiger partial charge is 0.128 e. The lowest BCUT2D eigenvalue weighted by molar-refractivity contribution is 0.277. The van der Waals surface area contributed by atoms with E-state index in [4.69, 9.17) is 5.11 Å². The number of aromatic nitrogens is 1. The molecule has 1 N–H and O–H groups in total. The van der Waals surface area contributed by atoms with Crippen LogP contribution >= 0.6 is 0 Å². The van der Waals surface area contributed by atoms with Crippen molar-refractivity contribution in [1.29, 1.82) is 0 Å². The monoisotopic (exact) mass is 208 g/mol. The quantitative estimate of drug-likeness (QED) is 0.804. The minimum absolute atomic E-state index is 0.00581. The summed E-state index contributed by atoms with van der Waals surface area (Å²) in [6, 6.07) is 5.74. The molecule has 0 saturated carbocycles. The van der Waals surface area contributed by atoms with Gasteiger partial charge in [-0.05, 0) is 24.5 Å². The van der Waals surface area contributed by atoms with Crippen molar-refractivity contribution in [3.63, 3.8) is 0 Å². The van der Waals surface area contributed by atoms with Crippen molar-refractivity contribution in [1.82, 2.24) is 4.98 Å². The van der Waals surface area contributed by atoms with Crippen LogP contribution in [0.15, 0.2) is 18.2 Å². The zero-order valence-corrected chi connectivity index (χ0v) is 9.77. The van der Waals surface area contributed by atoms with Crippen LogP contribution in [0.5, 0.6) is 0 Å². The van der Waals surface area contributed by atoms with Gasteiger partial charge in [0, 0.05) is 13.6 Å². The number of hydrogen-bond donors (Lipinski definition) is 1. The first-order chi connectivity index (χ1) is 7.13. The second-order valence-electron chi connectivity index (χ2n) is 4.25. The van der Waals surface area contributed by atoms with Crippen molar-refractivity contribution in [3.8, 4) is 0 Å². The Kier molecular flexibility index (Phi) is 4.56. The molecule has 0 amide bonds. The molecule has 0 unspecified atom stereocenters. The Morgan fingerprint density at radius 1 is 1.40 bits per heavy atom. The van der Waals surface area contributed by atoms with Crippen molar-refractivity contribution in [2.45, 2.75) is 26.9 Å². The second-order valence-corrected chi connectivity index (χ2v) is 4.25. The molecule has 1 aromatic heterocycles. The fourth-order valence-corrected chi connectivity index (χ4v) is 1.33. The van der Waals surface area contributed by atoms with Crippen molar-refractivity contribution in [2.24, 2.45) is 5.92 Å². The lowest BCUT2D eigenvalue weighted by Gasteiger charge is -2.19. The number of rotatable bonds is 5. The topological polar surface area (TPSA) is 36.4 Å². The third kappa shape index (κ3) is 3.88. The van der Waals surface area contributed by atoms with Crippen LogP contribution in [-0.2, 0) is 6.61 Å². The molecule has 84 valence electrons. The number of anilines is 1. The van der Waals surface area contributed by atoms with E-state index in [0.717, 1.165) is 24.5 Å². The summed E-state index contributed by atoms with van der Waals surface area (Å²) >= 11 is 0. The molecule has 1 aromatic rings. The maximum Gasteiger partial charge on any atom is 0.128 e. The van der Waals surface area contributed by atoms with Gasteiger partial charge in [0.1, 0.15) is 5.82 Å². The van der Waals surface area contributed by atoms with Gasteiger partial charge in [0.15, 0.2) is 0 Å². The Labute approximate surface area is 91.8 Å². The third-order valence-corrected chi connectivity index (χ3v) is 2.39. The van der Waals surface area contributed by atoms with Crippen molar-refractivity contribution in [3.05, 3.63) is 23.9 Å². The van der Waals surface area contributed by atoms with Crippen molar-refractivity contribution < 1.29 is 5.11 Å². The Balaban J connectivity index is 2.60. The standard InChI is InChI=1S/C12H20N2O/c1-10(2)7-8-14(3)12-6-4-5-11(9-15)13-12/h4-6,10,15H,7-9H2,1-3H3. The molecular formula is C12H20N2O. The van der Waals surface area contributed by atoms with Crippen molar-refractivity contribution >= 4 is 5.82 Å². The predicted octanol–water partition coefficient (Wildman–Crippen LogP) is 2.06. The lowest BCUT2D eigenvalue weighted by Crippen LogP contribution is -2.21. The largest absolute Gasteiger partial charge is 0.390 e. The molecule has 0 fully saturated rings. The molecule has 0 radical (unpaired) electrons. The molecule has 1 heterocycles. The molecule has 3 heteroatoms. The van der Waals surface area contributed by atoms with Gasteiger partial charge in [-0.15, -0.1) is 0 Å². The summed E-state index contributed by atoms with van der Waals surface area (Å²) in [6.45, 7) is 5.43. The molecule has 0 aromatic carbocycles. The molecule has 3 nitrogen and oxygen atoms in total. The summed E-state index contributed by atoms with van der Waals surface area (Å²) in [7, 11) is 2.03. The summed E-state index contributed by atoms with van der Waals surface area (Å²) in [5.41, 5.74) is 0.726. The molecule has 0 aliphatic carbocycles. The Hall–Kier alpha value is -1.09. The summed E-state index contributed by atoms with van der Waals surface area (Å²) in [5.74, 6) is 1.63. The number of aliphatic hydroxyl groups excluding tert-OH is 1. The van der Waals surface area contributed by atoms with E-state index in [1.807, 2.05) is 25.2 Å². The minimum atomic E-state index is 0.00581.